The number of hydrogen-bond donors (Lipinski definition) is 3. The summed E-state index contributed by atoms with van der Waals surface area (Å²) in [7, 11) is 3.69. The summed E-state index contributed by atoms with van der Waals surface area (Å²) in [6.45, 7) is 2.55. The number of ether oxygens (including phenoxy) is 1. The Morgan fingerprint density at radius 1 is 1.18 bits per heavy atom. The van der Waals surface area contributed by atoms with Crippen LogP contribution in [0, 0.1) is 17.8 Å². The molecule has 2 aliphatic rings. The molecule has 130 valence electrons. The van der Waals surface area contributed by atoms with Gasteiger partial charge in [0.05, 0.1) is 17.6 Å². The molecule has 1 aliphatic carbocycles. The first-order valence-corrected chi connectivity index (χ1v) is 9.28. The summed E-state index contributed by atoms with van der Waals surface area (Å²) in [5.74, 6) is 0.889. The molecular formula is C16H30Cl2N2O2. The van der Waals surface area contributed by atoms with Crippen molar-refractivity contribution >= 4 is 23.2 Å². The molecule has 1 heterocycles. The lowest BCUT2D eigenvalue weighted by Crippen LogP contribution is -2.50. The number of hydrogen-bond acceptors (Lipinski definition) is 4. The van der Waals surface area contributed by atoms with Gasteiger partial charge in [0, 0.05) is 44.0 Å². The van der Waals surface area contributed by atoms with Crippen molar-refractivity contribution in [3.8, 4) is 0 Å². The zero-order valence-electron chi connectivity index (χ0n) is 13.6. The minimum Gasteiger partial charge on any atom is -0.392 e. The molecule has 0 amide bonds. The molecule has 0 radical (unpaired) electrons. The maximum atomic E-state index is 11.0. The second-order valence-electron chi connectivity index (χ2n) is 6.83. The number of alkyl halides is 2. The van der Waals surface area contributed by atoms with Gasteiger partial charge in [-0.05, 0) is 38.6 Å². The highest BCUT2D eigenvalue weighted by atomic mass is 35.5. The fourth-order valence-electron chi connectivity index (χ4n) is 4.02. The van der Waals surface area contributed by atoms with Crippen LogP contribution in [0.15, 0.2) is 0 Å². The molecule has 2 rings (SSSR count). The third-order valence-electron chi connectivity index (χ3n) is 5.38. The predicted octanol–water partition coefficient (Wildman–Crippen LogP) is 1.82. The Morgan fingerprint density at radius 3 is 2.59 bits per heavy atom. The quantitative estimate of drug-likeness (QED) is 0.638. The van der Waals surface area contributed by atoms with Crippen LogP contribution in [0.2, 0.25) is 0 Å². The number of aliphatic hydroxyl groups is 1. The van der Waals surface area contributed by atoms with Crippen LogP contribution < -0.4 is 10.6 Å². The van der Waals surface area contributed by atoms with E-state index in [2.05, 4.69) is 10.6 Å². The summed E-state index contributed by atoms with van der Waals surface area (Å²) in [6.07, 6.45) is 3.67. The molecule has 2 fully saturated rings. The van der Waals surface area contributed by atoms with Crippen molar-refractivity contribution in [2.75, 3.05) is 33.8 Å². The second-order valence-corrected chi connectivity index (χ2v) is 7.95. The fraction of sp³-hybridized carbons (Fsp3) is 1.00. The Hall–Kier alpha value is 0.420. The van der Waals surface area contributed by atoms with E-state index in [4.69, 9.17) is 27.9 Å². The lowest BCUT2D eigenvalue weighted by molar-refractivity contribution is -0.0250. The number of halogens is 2. The average Bonchev–Trinajstić information content (AvgIpc) is 2.54. The van der Waals surface area contributed by atoms with E-state index in [0.29, 0.717) is 5.92 Å². The molecule has 1 saturated heterocycles. The van der Waals surface area contributed by atoms with Gasteiger partial charge in [0.15, 0.2) is 0 Å². The Morgan fingerprint density at radius 2 is 1.95 bits per heavy atom. The molecule has 4 nitrogen and oxygen atoms in total. The predicted molar refractivity (Wildman–Crippen MR) is 91.8 cm³/mol. The summed E-state index contributed by atoms with van der Waals surface area (Å²) in [5, 5.41) is 17.7. The zero-order valence-corrected chi connectivity index (χ0v) is 15.1. The van der Waals surface area contributed by atoms with Crippen LogP contribution in [0.1, 0.15) is 25.7 Å². The van der Waals surface area contributed by atoms with Gasteiger partial charge in [-0.3, -0.25) is 0 Å². The van der Waals surface area contributed by atoms with Gasteiger partial charge in [-0.1, -0.05) is 0 Å². The van der Waals surface area contributed by atoms with Crippen LogP contribution in [-0.2, 0) is 4.74 Å². The number of rotatable bonds is 6. The van der Waals surface area contributed by atoms with Gasteiger partial charge in [0.1, 0.15) is 0 Å². The van der Waals surface area contributed by atoms with E-state index in [9.17, 15) is 5.11 Å². The molecule has 5 unspecified atom stereocenters. The zero-order chi connectivity index (χ0) is 16.1. The van der Waals surface area contributed by atoms with Crippen molar-refractivity contribution in [1.29, 1.82) is 0 Å². The molecular weight excluding hydrogens is 323 g/mol. The van der Waals surface area contributed by atoms with Crippen molar-refractivity contribution in [3.63, 3.8) is 0 Å². The minimum atomic E-state index is -0.335. The highest BCUT2D eigenvalue weighted by molar-refractivity contribution is 6.30. The van der Waals surface area contributed by atoms with Gasteiger partial charge in [-0.25, -0.2) is 0 Å². The van der Waals surface area contributed by atoms with E-state index in [-0.39, 0.29) is 34.8 Å². The molecule has 1 aliphatic heterocycles. The van der Waals surface area contributed by atoms with Crippen molar-refractivity contribution in [3.05, 3.63) is 0 Å². The van der Waals surface area contributed by atoms with Crippen molar-refractivity contribution in [2.45, 2.75) is 48.6 Å². The van der Waals surface area contributed by atoms with E-state index in [1.165, 1.54) is 0 Å². The summed E-state index contributed by atoms with van der Waals surface area (Å²) in [5.41, 5.74) is 0. The second kappa shape index (κ2) is 9.05. The topological polar surface area (TPSA) is 53.5 Å². The Kier molecular flexibility index (Phi) is 7.71. The third kappa shape index (κ3) is 4.71. The van der Waals surface area contributed by atoms with Gasteiger partial charge in [0.25, 0.3) is 0 Å². The normalized spacial score (nSPS) is 39.4. The van der Waals surface area contributed by atoms with Crippen LogP contribution in [0.4, 0.5) is 0 Å². The molecule has 0 bridgehead atoms. The summed E-state index contributed by atoms with van der Waals surface area (Å²) >= 11 is 12.6. The highest BCUT2D eigenvalue weighted by Gasteiger charge is 2.39. The van der Waals surface area contributed by atoms with Crippen molar-refractivity contribution in [2.24, 2.45) is 17.8 Å². The smallest absolute Gasteiger partial charge is 0.0699 e. The molecule has 6 heteroatoms. The summed E-state index contributed by atoms with van der Waals surface area (Å²) < 4.78 is 5.46. The van der Waals surface area contributed by atoms with E-state index in [1.54, 1.807) is 7.11 Å². The maximum Gasteiger partial charge on any atom is 0.0699 e. The first-order chi connectivity index (χ1) is 10.6. The van der Waals surface area contributed by atoms with Crippen LogP contribution >= 0.6 is 23.2 Å². The van der Waals surface area contributed by atoms with Crippen molar-refractivity contribution < 1.29 is 9.84 Å². The molecule has 1 saturated carbocycles. The van der Waals surface area contributed by atoms with Gasteiger partial charge in [-0.15, -0.1) is 23.2 Å². The molecule has 3 N–H and O–H groups in total. The number of aliphatic hydroxyl groups excluding tert-OH is 1. The molecule has 22 heavy (non-hydrogen) atoms. The average molecular weight is 353 g/mol. The van der Waals surface area contributed by atoms with Gasteiger partial charge >= 0.3 is 0 Å². The van der Waals surface area contributed by atoms with Crippen LogP contribution in [0.3, 0.4) is 0 Å². The lowest BCUT2D eigenvalue weighted by atomic mass is 9.73. The number of piperidine rings is 1. The lowest BCUT2D eigenvalue weighted by Gasteiger charge is -2.41. The minimum absolute atomic E-state index is 0.0168. The maximum absolute atomic E-state index is 11.0. The Bertz CT molecular complexity index is 335. The van der Waals surface area contributed by atoms with Gasteiger partial charge in [0.2, 0.25) is 0 Å². The Balaban J connectivity index is 2.00. The summed E-state index contributed by atoms with van der Waals surface area (Å²) in [4.78, 5) is 0. The van der Waals surface area contributed by atoms with Crippen LogP contribution in [-0.4, -0.2) is 61.9 Å². The van der Waals surface area contributed by atoms with E-state index in [1.807, 2.05) is 7.05 Å². The number of methoxy groups -OCH3 is 1. The summed E-state index contributed by atoms with van der Waals surface area (Å²) in [6, 6.07) is 0. The number of nitrogens with one attached hydrogen (secondary N) is 2. The molecule has 0 spiro atoms. The first kappa shape index (κ1) is 18.8. The Labute approximate surface area is 144 Å². The fourth-order valence-corrected chi connectivity index (χ4v) is 4.61. The molecule has 0 aromatic heterocycles. The van der Waals surface area contributed by atoms with Crippen LogP contribution in [0.5, 0.6) is 0 Å². The highest BCUT2D eigenvalue weighted by Crippen LogP contribution is 2.38. The van der Waals surface area contributed by atoms with Crippen LogP contribution in [0.25, 0.3) is 0 Å². The first-order valence-electron chi connectivity index (χ1n) is 8.41. The van der Waals surface area contributed by atoms with E-state index in [0.717, 1.165) is 45.3 Å². The van der Waals surface area contributed by atoms with E-state index < -0.39 is 0 Å². The van der Waals surface area contributed by atoms with Gasteiger partial charge < -0.3 is 20.5 Å². The molecule has 7 atom stereocenters. The molecule has 0 aromatic rings. The SMILES string of the molecule is CNC[C@@H](C1CCC(Cl)C(Cl)C1)[C@@H](O)C1CNCC(OC)C1. The standard InChI is InChI=1S/C16H30Cl2N2O2/c1-19-9-13(10-3-4-14(17)15(18)6-10)16(21)11-5-12(22-2)8-20-7-11/h10-16,19-21H,3-9H2,1-2H3/t10?,11?,12?,13-,14?,15?,16-/m0/s1. The van der Waals surface area contributed by atoms with E-state index >= 15 is 0 Å². The third-order valence-corrected chi connectivity index (χ3v) is 6.51. The van der Waals surface area contributed by atoms with Crippen molar-refractivity contribution in [1.82, 2.24) is 10.6 Å². The largest absolute Gasteiger partial charge is 0.392 e. The monoisotopic (exact) mass is 352 g/mol. The van der Waals surface area contributed by atoms with Gasteiger partial charge in [-0.2, -0.15) is 0 Å². The molecule has 0 aromatic carbocycles.